The minimum absolute atomic E-state index is 0.801. The van der Waals surface area contributed by atoms with Crippen molar-refractivity contribution in [1.82, 2.24) is 29.5 Å². The van der Waals surface area contributed by atoms with E-state index in [4.69, 9.17) is 0 Å². The summed E-state index contributed by atoms with van der Waals surface area (Å²) in [4.78, 5) is 13.8. The molecule has 76 valence electrons. The number of aromatic nitrogens is 6. The van der Waals surface area contributed by atoms with Gasteiger partial charge in [-0.15, -0.1) is 21.5 Å². The Balaban J connectivity index is 2.38. The Bertz CT molecular complexity index is 816. The number of nitrogens with zero attached hydrogens (tertiary/aromatic N) is 6. The molecule has 4 heterocycles. The van der Waals surface area contributed by atoms with Crippen LogP contribution in [0.4, 0.5) is 0 Å². The van der Waals surface area contributed by atoms with Crippen molar-refractivity contribution < 1.29 is 0 Å². The van der Waals surface area contributed by atoms with Gasteiger partial charge in [-0.3, -0.25) is 4.40 Å². The highest BCUT2D eigenvalue weighted by molar-refractivity contribution is 7.26. The smallest absolute Gasteiger partial charge is 0.181 e. The number of thiophene rings is 1. The maximum Gasteiger partial charge on any atom is 0.181 e. The van der Waals surface area contributed by atoms with E-state index in [0.717, 1.165) is 26.2 Å². The molecule has 16 heavy (non-hydrogen) atoms. The lowest BCUT2D eigenvalue weighted by Gasteiger charge is -1.91. The molecule has 6 nitrogen and oxygen atoms in total. The van der Waals surface area contributed by atoms with E-state index in [1.165, 1.54) is 11.3 Å². The SMILES string of the molecule is c1cnc2c(n1)sc1c2ncn2cnnc12. The molecule has 0 saturated carbocycles. The van der Waals surface area contributed by atoms with Crippen molar-refractivity contribution in [2.24, 2.45) is 0 Å². The van der Waals surface area contributed by atoms with Crippen molar-refractivity contribution in [2.75, 3.05) is 0 Å². The van der Waals surface area contributed by atoms with Gasteiger partial charge in [-0.05, 0) is 0 Å². The molecule has 0 fully saturated rings. The summed E-state index contributed by atoms with van der Waals surface area (Å²) in [6.07, 6.45) is 6.68. The van der Waals surface area contributed by atoms with Crippen LogP contribution in [0.15, 0.2) is 25.0 Å². The van der Waals surface area contributed by atoms with Crippen molar-refractivity contribution >= 4 is 37.5 Å². The highest BCUT2D eigenvalue weighted by Crippen LogP contribution is 2.30. The summed E-state index contributed by atoms with van der Waals surface area (Å²) in [5, 5.41) is 7.93. The molecule has 0 amide bonds. The highest BCUT2D eigenvalue weighted by Gasteiger charge is 2.12. The monoisotopic (exact) mass is 228 g/mol. The number of hydrogen-bond acceptors (Lipinski definition) is 6. The fourth-order valence-corrected chi connectivity index (χ4v) is 2.73. The molecular formula is C9H4N6S. The van der Waals surface area contributed by atoms with Crippen LogP contribution in [0.1, 0.15) is 0 Å². The van der Waals surface area contributed by atoms with Gasteiger partial charge in [0.15, 0.2) is 5.65 Å². The van der Waals surface area contributed by atoms with Crippen LogP contribution < -0.4 is 0 Å². The first-order valence-corrected chi connectivity index (χ1v) is 5.43. The Labute approximate surface area is 92.6 Å². The van der Waals surface area contributed by atoms with Crippen molar-refractivity contribution in [3.63, 3.8) is 0 Å². The first kappa shape index (κ1) is 8.05. The van der Waals surface area contributed by atoms with E-state index in [2.05, 4.69) is 25.1 Å². The van der Waals surface area contributed by atoms with Gasteiger partial charge >= 0.3 is 0 Å². The summed E-state index contributed by atoms with van der Waals surface area (Å²) in [5.41, 5.74) is 2.47. The van der Waals surface area contributed by atoms with E-state index in [1.807, 2.05) is 0 Å². The van der Waals surface area contributed by atoms with Crippen LogP contribution >= 0.6 is 11.3 Å². The van der Waals surface area contributed by atoms with E-state index < -0.39 is 0 Å². The third-order valence-electron chi connectivity index (χ3n) is 2.39. The zero-order valence-corrected chi connectivity index (χ0v) is 8.72. The second-order valence-corrected chi connectivity index (χ2v) is 4.30. The summed E-state index contributed by atoms with van der Waals surface area (Å²) in [5.74, 6) is 0. The van der Waals surface area contributed by atoms with Crippen molar-refractivity contribution in [3.8, 4) is 0 Å². The Morgan fingerprint density at radius 1 is 1.00 bits per heavy atom. The number of hydrogen-bond donors (Lipinski definition) is 0. The topological polar surface area (TPSA) is 68.9 Å². The summed E-state index contributed by atoms with van der Waals surface area (Å²) >= 11 is 1.54. The van der Waals surface area contributed by atoms with Crippen molar-refractivity contribution in [2.45, 2.75) is 0 Å². The largest absolute Gasteiger partial charge is 0.271 e. The molecule has 0 aliphatic rings. The van der Waals surface area contributed by atoms with Crippen LogP contribution in [-0.2, 0) is 0 Å². The van der Waals surface area contributed by atoms with Crippen LogP contribution in [-0.4, -0.2) is 29.5 Å². The minimum atomic E-state index is 0.801. The lowest BCUT2D eigenvalue weighted by atomic mass is 10.4. The van der Waals surface area contributed by atoms with Gasteiger partial charge in [-0.2, -0.15) is 0 Å². The third kappa shape index (κ3) is 0.878. The van der Waals surface area contributed by atoms with Crippen LogP contribution in [0.25, 0.3) is 26.2 Å². The summed E-state index contributed by atoms with van der Waals surface area (Å²) in [7, 11) is 0. The average Bonchev–Trinajstić information content (AvgIpc) is 2.92. The van der Waals surface area contributed by atoms with E-state index in [9.17, 15) is 0 Å². The van der Waals surface area contributed by atoms with E-state index >= 15 is 0 Å². The lowest BCUT2D eigenvalue weighted by Crippen LogP contribution is -1.86. The molecule has 4 rings (SSSR count). The predicted octanol–water partition coefficient (Wildman–Crippen LogP) is 1.28. The fraction of sp³-hybridized carbons (Fsp3) is 0. The van der Waals surface area contributed by atoms with Crippen LogP contribution in [0.2, 0.25) is 0 Å². The first-order chi connectivity index (χ1) is 7.93. The summed E-state index contributed by atoms with van der Waals surface area (Å²) < 4.78 is 2.76. The molecule has 0 bridgehead atoms. The Hall–Kier alpha value is -2.15. The average molecular weight is 228 g/mol. The molecule has 0 aliphatic heterocycles. The first-order valence-electron chi connectivity index (χ1n) is 4.61. The molecule has 7 heteroatoms. The predicted molar refractivity (Wildman–Crippen MR) is 59.3 cm³/mol. The van der Waals surface area contributed by atoms with E-state index in [-0.39, 0.29) is 0 Å². The molecule has 0 N–H and O–H groups in total. The molecule has 4 aromatic heterocycles. The standard InChI is InChI=1S/C9H4N6S/c1-2-11-9-6(10-1)5-7(16-9)8-14-13-4-15(8)3-12-5/h1-4H. The maximum atomic E-state index is 4.36. The van der Waals surface area contributed by atoms with E-state index in [1.54, 1.807) is 29.4 Å². The summed E-state index contributed by atoms with van der Waals surface area (Å²) in [6, 6.07) is 0. The van der Waals surface area contributed by atoms with Crippen molar-refractivity contribution in [3.05, 3.63) is 25.0 Å². The van der Waals surface area contributed by atoms with E-state index in [0.29, 0.717) is 0 Å². The molecule has 0 saturated heterocycles. The lowest BCUT2D eigenvalue weighted by molar-refractivity contribution is 1.08. The minimum Gasteiger partial charge on any atom is -0.271 e. The zero-order chi connectivity index (χ0) is 10.5. The molecule has 0 aromatic carbocycles. The molecule has 0 radical (unpaired) electrons. The number of fused-ring (bicyclic) bond motifs is 5. The highest BCUT2D eigenvalue weighted by atomic mass is 32.1. The maximum absolute atomic E-state index is 4.36. The van der Waals surface area contributed by atoms with Gasteiger partial charge in [-0.25, -0.2) is 15.0 Å². The number of rotatable bonds is 0. The summed E-state index contributed by atoms with van der Waals surface area (Å²) in [6.45, 7) is 0. The molecule has 0 atom stereocenters. The second kappa shape index (κ2) is 2.70. The fourth-order valence-electron chi connectivity index (χ4n) is 1.70. The quantitative estimate of drug-likeness (QED) is 0.453. The normalized spacial score (nSPS) is 11.8. The van der Waals surface area contributed by atoms with Gasteiger partial charge in [0.25, 0.3) is 0 Å². The van der Waals surface area contributed by atoms with Gasteiger partial charge in [0.05, 0.1) is 0 Å². The molecule has 0 unspecified atom stereocenters. The van der Waals surface area contributed by atoms with Crippen molar-refractivity contribution in [1.29, 1.82) is 0 Å². The zero-order valence-electron chi connectivity index (χ0n) is 7.90. The van der Waals surface area contributed by atoms with Crippen LogP contribution in [0, 0.1) is 0 Å². The van der Waals surface area contributed by atoms with Gasteiger partial charge < -0.3 is 0 Å². The molecule has 4 aromatic rings. The Morgan fingerprint density at radius 2 is 1.94 bits per heavy atom. The van der Waals surface area contributed by atoms with Gasteiger partial charge in [-0.1, -0.05) is 0 Å². The third-order valence-corrected chi connectivity index (χ3v) is 3.46. The second-order valence-electron chi connectivity index (χ2n) is 3.30. The van der Waals surface area contributed by atoms with Crippen LogP contribution in [0.5, 0.6) is 0 Å². The Morgan fingerprint density at radius 3 is 2.94 bits per heavy atom. The van der Waals surface area contributed by atoms with Gasteiger partial charge in [0.1, 0.15) is 33.2 Å². The molecular weight excluding hydrogens is 224 g/mol. The molecule has 0 aliphatic carbocycles. The molecule has 0 spiro atoms. The van der Waals surface area contributed by atoms with Gasteiger partial charge in [0, 0.05) is 12.4 Å². The van der Waals surface area contributed by atoms with Gasteiger partial charge in [0.2, 0.25) is 0 Å². The Kier molecular flexibility index (Phi) is 1.36. The van der Waals surface area contributed by atoms with Crippen LogP contribution in [0.3, 0.4) is 0 Å².